The molecule has 3 aromatic carbocycles. The normalized spacial score (nSPS) is 19.3. The number of hydrogen-bond donors (Lipinski definition) is 2. The van der Waals surface area contributed by atoms with Gasteiger partial charge in [0.15, 0.2) is 5.78 Å². The molecule has 0 radical (unpaired) electrons. The summed E-state index contributed by atoms with van der Waals surface area (Å²) in [5.41, 5.74) is 5.11. The first-order valence-corrected chi connectivity index (χ1v) is 12.5. The fraction of sp³-hybridized carbons (Fsp3) is 0.226. The Morgan fingerprint density at radius 3 is 2.35 bits per heavy atom. The van der Waals surface area contributed by atoms with Crippen LogP contribution in [0.1, 0.15) is 49.7 Å². The largest absolute Gasteiger partial charge is 0.494 e. The maximum absolute atomic E-state index is 13.7. The van der Waals surface area contributed by atoms with Gasteiger partial charge in [0.25, 0.3) is 5.91 Å². The predicted octanol–water partition coefficient (Wildman–Crippen LogP) is 6.22. The Morgan fingerprint density at radius 2 is 1.68 bits per heavy atom. The number of dihydropyridines is 1. The van der Waals surface area contributed by atoms with Crippen LogP contribution in [0.15, 0.2) is 101 Å². The third kappa shape index (κ3) is 5.05. The molecule has 5 nitrogen and oxygen atoms in total. The fourth-order valence-corrected chi connectivity index (χ4v) is 5.29. The molecule has 1 aliphatic heterocycles. The van der Waals surface area contributed by atoms with Crippen molar-refractivity contribution in [2.45, 2.75) is 38.5 Å². The molecule has 2 N–H and O–H groups in total. The zero-order valence-electron chi connectivity index (χ0n) is 20.9. The zero-order valence-corrected chi connectivity index (χ0v) is 20.9. The lowest BCUT2D eigenvalue weighted by atomic mass is 9.71. The number of ketones is 1. The number of rotatable bonds is 6. The van der Waals surface area contributed by atoms with Gasteiger partial charge in [-0.15, -0.1) is 0 Å². The van der Waals surface area contributed by atoms with E-state index in [1.54, 1.807) is 0 Å². The maximum atomic E-state index is 13.7. The predicted molar refractivity (Wildman–Crippen MR) is 142 cm³/mol. The van der Waals surface area contributed by atoms with Crippen LogP contribution in [0.5, 0.6) is 5.75 Å². The van der Waals surface area contributed by atoms with Crippen LogP contribution < -0.4 is 15.4 Å². The van der Waals surface area contributed by atoms with E-state index < -0.39 is 5.92 Å². The highest BCUT2D eigenvalue weighted by Crippen LogP contribution is 2.45. The minimum Gasteiger partial charge on any atom is -0.494 e. The molecular weight excluding hydrogens is 467 g/mol. The van der Waals surface area contributed by atoms with E-state index in [1.165, 1.54) is 24.3 Å². The van der Waals surface area contributed by atoms with Crippen LogP contribution in [-0.2, 0) is 9.59 Å². The van der Waals surface area contributed by atoms with Gasteiger partial charge in [0.2, 0.25) is 0 Å². The number of ether oxygens (including phenoxy) is 1. The van der Waals surface area contributed by atoms with Crippen LogP contribution in [-0.4, -0.2) is 18.3 Å². The quantitative estimate of drug-likeness (QED) is 0.425. The zero-order chi connectivity index (χ0) is 25.9. The Balaban J connectivity index is 1.55. The monoisotopic (exact) mass is 496 g/mol. The van der Waals surface area contributed by atoms with Crippen molar-refractivity contribution in [1.29, 1.82) is 0 Å². The van der Waals surface area contributed by atoms with Crippen molar-refractivity contribution in [2.24, 2.45) is 0 Å². The molecule has 0 fully saturated rings. The number of amides is 1. The smallest absolute Gasteiger partial charge is 0.254 e. The molecule has 1 aliphatic carbocycles. The van der Waals surface area contributed by atoms with E-state index in [9.17, 15) is 14.0 Å². The van der Waals surface area contributed by atoms with Gasteiger partial charge in [-0.1, -0.05) is 42.5 Å². The molecular formula is C31H29FN2O3. The number of nitrogens with one attached hydrogen (secondary N) is 2. The highest BCUT2D eigenvalue weighted by Gasteiger charge is 2.40. The molecule has 2 aliphatic rings. The van der Waals surface area contributed by atoms with Crippen LogP contribution in [0, 0.1) is 5.82 Å². The van der Waals surface area contributed by atoms with E-state index in [2.05, 4.69) is 22.8 Å². The summed E-state index contributed by atoms with van der Waals surface area (Å²) in [6, 6.07) is 23.3. The van der Waals surface area contributed by atoms with Gasteiger partial charge in [-0.25, -0.2) is 4.39 Å². The Morgan fingerprint density at radius 1 is 0.973 bits per heavy atom. The number of hydrogen-bond acceptors (Lipinski definition) is 4. The molecule has 0 bridgehead atoms. The SMILES string of the molecule is CCOc1ccc([C@@H]2C(C(=O)Nc3ccc(F)cc3)=C(C)NC3=C2C(=O)C[C@@H](c2ccccc2)C3)cc1. The van der Waals surface area contributed by atoms with E-state index in [0.717, 1.165) is 22.6 Å². The van der Waals surface area contributed by atoms with Gasteiger partial charge in [0, 0.05) is 40.6 Å². The molecule has 0 aromatic heterocycles. The van der Waals surface area contributed by atoms with E-state index in [4.69, 9.17) is 4.74 Å². The molecule has 37 heavy (non-hydrogen) atoms. The minimum atomic E-state index is -0.531. The number of halogens is 1. The molecule has 0 unspecified atom stereocenters. The Hall–Kier alpha value is -4.19. The summed E-state index contributed by atoms with van der Waals surface area (Å²) < 4.78 is 19.0. The van der Waals surface area contributed by atoms with E-state index in [0.29, 0.717) is 42.0 Å². The van der Waals surface area contributed by atoms with Gasteiger partial charge in [-0.2, -0.15) is 0 Å². The van der Waals surface area contributed by atoms with Gasteiger partial charge in [-0.05, 0) is 73.7 Å². The number of Topliss-reactive ketones (excluding diaryl/α,β-unsaturated/α-hetero) is 1. The second-order valence-electron chi connectivity index (χ2n) is 9.39. The molecule has 5 rings (SSSR count). The van der Waals surface area contributed by atoms with E-state index in [-0.39, 0.29) is 23.4 Å². The first kappa shape index (κ1) is 24.5. The maximum Gasteiger partial charge on any atom is 0.254 e. The molecule has 0 spiro atoms. The highest BCUT2D eigenvalue weighted by molar-refractivity contribution is 6.10. The lowest BCUT2D eigenvalue weighted by Crippen LogP contribution is -2.37. The Bertz CT molecular complexity index is 1380. The minimum absolute atomic E-state index is 0.0288. The average Bonchev–Trinajstić information content (AvgIpc) is 2.90. The second kappa shape index (κ2) is 10.4. The fourth-order valence-electron chi connectivity index (χ4n) is 5.29. The summed E-state index contributed by atoms with van der Waals surface area (Å²) in [6.07, 6.45) is 1.06. The molecule has 1 heterocycles. The van der Waals surface area contributed by atoms with Crippen molar-refractivity contribution in [3.8, 4) is 5.75 Å². The van der Waals surface area contributed by atoms with Crippen molar-refractivity contribution in [2.75, 3.05) is 11.9 Å². The Kier molecular flexibility index (Phi) is 6.91. The van der Waals surface area contributed by atoms with Gasteiger partial charge < -0.3 is 15.4 Å². The van der Waals surface area contributed by atoms with Crippen molar-refractivity contribution < 1.29 is 18.7 Å². The van der Waals surface area contributed by atoms with Gasteiger partial charge >= 0.3 is 0 Å². The van der Waals surface area contributed by atoms with Gasteiger partial charge in [0.05, 0.1) is 6.61 Å². The molecule has 0 saturated carbocycles. The van der Waals surface area contributed by atoms with Crippen LogP contribution in [0.2, 0.25) is 0 Å². The molecule has 6 heteroatoms. The first-order valence-electron chi connectivity index (χ1n) is 12.5. The van der Waals surface area contributed by atoms with Gasteiger partial charge in [0.1, 0.15) is 11.6 Å². The summed E-state index contributed by atoms with van der Waals surface area (Å²) in [5.74, 6) is -0.414. The molecule has 3 aromatic rings. The van der Waals surface area contributed by atoms with Crippen LogP contribution >= 0.6 is 0 Å². The number of benzene rings is 3. The summed E-state index contributed by atoms with van der Waals surface area (Å²) in [6.45, 7) is 4.33. The number of anilines is 1. The molecule has 0 saturated heterocycles. The Labute approximate surface area is 216 Å². The summed E-state index contributed by atoms with van der Waals surface area (Å²) in [4.78, 5) is 27.3. The highest BCUT2D eigenvalue weighted by atomic mass is 19.1. The standard InChI is InChI=1S/C31H29FN2O3/c1-3-37-25-15-9-21(10-16-25)29-28(31(36)34-24-13-11-23(32)12-14-24)19(2)33-26-17-22(18-27(35)30(26)29)20-7-5-4-6-8-20/h4-16,22,29,33H,3,17-18H2,1-2H3,(H,34,36)/t22-,29+/m0/s1. The number of carbonyl (C=O) groups is 2. The van der Waals surface area contributed by atoms with Crippen LogP contribution in [0.25, 0.3) is 0 Å². The topological polar surface area (TPSA) is 67.4 Å². The average molecular weight is 497 g/mol. The molecule has 2 atom stereocenters. The van der Waals surface area contributed by atoms with Crippen LogP contribution in [0.3, 0.4) is 0 Å². The van der Waals surface area contributed by atoms with Crippen molar-refractivity contribution in [1.82, 2.24) is 5.32 Å². The lowest BCUT2D eigenvalue weighted by molar-refractivity contribution is -0.116. The molecule has 188 valence electrons. The van der Waals surface area contributed by atoms with Crippen molar-refractivity contribution in [3.05, 3.63) is 118 Å². The number of allylic oxidation sites excluding steroid dienone is 3. The van der Waals surface area contributed by atoms with Crippen LogP contribution in [0.4, 0.5) is 10.1 Å². The lowest BCUT2D eigenvalue weighted by Gasteiger charge is -2.37. The third-order valence-corrected chi connectivity index (χ3v) is 6.97. The van der Waals surface area contributed by atoms with E-state index in [1.807, 2.05) is 56.3 Å². The number of carbonyl (C=O) groups excluding carboxylic acids is 2. The third-order valence-electron chi connectivity index (χ3n) is 6.97. The summed E-state index contributed by atoms with van der Waals surface area (Å²) >= 11 is 0. The second-order valence-corrected chi connectivity index (χ2v) is 9.39. The summed E-state index contributed by atoms with van der Waals surface area (Å²) in [7, 11) is 0. The summed E-state index contributed by atoms with van der Waals surface area (Å²) in [5, 5.41) is 6.28. The molecule has 1 amide bonds. The first-order chi connectivity index (χ1) is 17.9. The van der Waals surface area contributed by atoms with Gasteiger partial charge in [-0.3, -0.25) is 9.59 Å². The van der Waals surface area contributed by atoms with Crippen molar-refractivity contribution in [3.63, 3.8) is 0 Å². The van der Waals surface area contributed by atoms with Crippen molar-refractivity contribution >= 4 is 17.4 Å². The van der Waals surface area contributed by atoms with E-state index >= 15 is 0 Å².